The maximum absolute atomic E-state index is 12.3. The molecule has 1 amide bonds. The van der Waals surface area contributed by atoms with Gasteiger partial charge in [-0.1, -0.05) is 20.8 Å². The van der Waals surface area contributed by atoms with Crippen LogP contribution in [0.3, 0.4) is 0 Å². The van der Waals surface area contributed by atoms with E-state index in [2.05, 4.69) is 26.1 Å². The van der Waals surface area contributed by atoms with E-state index in [4.69, 9.17) is 9.84 Å². The second kappa shape index (κ2) is 7.57. The maximum atomic E-state index is 12.3. The lowest BCUT2D eigenvalue weighted by molar-refractivity contribution is 0.0837. The Morgan fingerprint density at radius 2 is 2.23 bits per heavy atom. The molecule has 1 aliphatic rings. The van der Waals surface area contributed by atoms with Gasteiger partial charge in [-0.3, -0.25) is 4.79 Å². The number of nitrogens with one attached hydrogen (secondary N) is 1. The molecule has 1 atom stereocenters. The zero-order chi connectivity index (χ0) is 16.2. The quantitative estimate of drug-likeness (QED) is 0.791. The molecule has 0 fully saturated rings. The molecule has 0 bridgehead atoms. The minimum absolute atomic E-state index is 0.000642. The van der Waals surface area contributed by atoms with E-state index in [-0.39, 0.29) is 12.5 Å². The average Bonchev–Trinajstić information content (AvgIpc) is 2.89. The van der Waals surface area contributed by atoms with E-state index in [9.17, 15) is 4.79 Å². The molecule has 0 saturated carbocycles. The molecule has 0 aliphatic heterocycles. The molecule has 0 radical (unpaired) electrons. The van der Waals surface area contributed by atoms with Gasteiger partial charge in [0.05, 0.1) is 25.4 Å². The molecule has 1 heterocycles. The summed E-state index contributed by atoms with van der Waals surface area (Å²) in [6, 6.07) is 0. The summed E-state index contributed by atoms with van der Waals surface area (Å²) in [5.74, 6) is 0.695. The first-order chi connectivity index (χ1) is 10.4. The van der Waals surface area contributed by atoms with Crippen LogP contribution in [0.4, 0.5) is 0 Å². The van der Waals surface area contributed by atoms with Crippen molar-refractivity contribution in [2.75, 3.05) is 26.4 Å². The molecular formula is C17H27NO3S. The van der Waals surface area contributed by atoms with Gasteiger partial charge in [0, 0.05) is 16.8 Å². The number of hydrogen-bond acceptors (Lipinski definition) is 4. The fourth-order valence-corrected chi connectivity index (χ4v) is 4.10. The largest absolute Gasteiger partial charge is 0.394 e. The summed E-state index contributed by atoms with van der Waals surface area (Å²) in [7, 11) is 0. The SMILES string of the molecule is CC(C)(C)C1CCc2c(C(=O)NCCOCCO)csc2C1. The van der Waals surface area contributed by atoms with Crippen molar-refractivity contribution in [3.05, 3.63) is 21.4 Å². The lowest BCUT2D eigenvalue weighted by Gasteiger charge is -2.34. The average molecular weight is 325 g/mol. The van der Waals surface area contributed by atoms with Gasteiger partial charge < -0.3 is 15.2 Å². The van der Waals surface area contributed by atoms with Crippen molar-refractivity contribution < 1.29 is 14.6 Å². The molecule has 0 aromatic carbocycles. The fourth-order valence-electron chi connectivity index (χ4n) is 2.94. The summed E-state index contributed by atoms with van der Waals surface area (Å²) in [5.41, 5.74) is 2.42. The number of carbonyl (C=O) groups is 1. The van der Waals surface area contributed by atoms with E-state index in [0.717, 1.165) is 24.8 Å². The molecule has 4 nitrogen and oxygen atoms in total. The molecule has 2 rings (SSSR count). The van der Waals surface area contributed by atoms with Gasteiger partial charge in [0.25, 0.3) is 5.91 Å². The Bertz CT molecular complexity index is 504. The molecule has 1 unspecified atom stereocenters. The number of aliphatic hydroxyl groups excluding tert-OH is 1. The molecule has 5 heteroatoms. The first-order valence-electron chi connectivity index (χ1n) is 7.99. The molecule has 1 aromatic rings. The van der Waals surface area contributed by atoms with Gasteiger partial charge in [-0.25, -0.2) is 0 Å². The number of amides is 1. The van der Waals surface area contributed by atoms with Crippen LogP contribution in [-0.2, 0) is 17.6 Å². The molecule has 1 aromatic heterocycles. The lowest BCUT2D eigenvalue weighted by Crippen LogP contribution is -2.30. The third-order valence-corrected chi connectivity index (χ3v) is 5.44. The Balaban J connectivity index is 1.92. The molecule has 0 spiro atoms. The van der Waals surface area contributed by atoms with Crippen LogP contribution in [0, 0.1) is 11.3 Å². The van der Waals surface area contributed by atoms with Crippen LogP contribution in [-0.4, -0.2) is 37.4 Å². The number of carbonyl (C=O) groups excluding carboxylic acids is 1. The van der Waals surface area contributed by atoms with E-state index in [1.54, 1.807) is 11.3 Å². The molecule has 2 N–H and O–H groups in total. The van der Waals surface area contributed by atoms with Crippen molar-refractivity contribution in [1.82, 2.24) is 5.32 Å². The lowest BCUT2D eigenvalue weighted by atomic mass is 9.72. The number of ether oxygens (including phenoxy) is 1. The minimum Gasteiger partial charge on any atom is -0.394 e. The van der Waals surface area contributed by atoms with Crippen molar-refractivity contribution >= 4 is 17.2 Å². The smallest absolute Gasteiger partial charge is 0.252 e. The van der Waals surface area contributed by atoms with Gasteiger partial charge in [0.1, 0.15) is 0 Å². The highest BCUT2D eigenvalue weighted by atomic mass is 32.1. The normalized spacial score (nSPS) is 18.1. The van der Waals surface area contributed by atoms with Gasteiger partial charge in [0.2, 0.25) is 0 Å². The van der Waals surface area contributed by atoms with E-state index in [0.29, 0.717) is 31.1 Å². The van der Waals surface area contributed by atoms with Crippen LogP contribution >= 0.6 is 11.3 Å². The van der Waals surface area contributed by atoms with Gasteiger partial charge >= 0.3 is 0 Å². The number of aliphatic hydroxyl groups is 1. The van der Waals surface area contributed by atoms with Crippen LogP contribution in [0.15, 0.2) is 5.38 Å². The van der Waals surface area contributed by atoms with E-state index in [1.165, 1.54) is 10.4 Å². The van der Waals surface area contributed by atoms with Crippen molar-refractivity contribution in [1.29, 1.82) is 0 Å². The Morgan fingerprint density at radius 1 is 1.45 bits per heavy atom. The summed E-state index contributed by atoms with van der Waals surface area (Å²) in [4.78, 5) is 13.7. The van der Waals surface area contributed by atoms with Crippen molar-refractivity contribution in [3.63, 3.8) is 0 Å². The second-order valence-corrected chi connectivity index (χ2v) is 7.91. The number of hydrogen-bond donors (Lipinski definition) is 2. The van der Waals surface area contributed by atoms with Gasteiger partial charge in [-0.15, -0.1) is 11.3 Å². The third-order valence-electron chi connectivity index (χ3n) is 4.39. The first-order valence-corrected chi connectivity index (χ1v) is 8.87. The summed E-state index contributed by atoms with van der Waals surface area (Å²) in [6.07, 6.45) is 3.26. The second-order valence-electron chi connectivity index (χ2n) is 6.95. The third kappa shape index (κ3) is 4.31. The molecule has 22 heavy (non-hydrogen) atoms. The summed E-state index contributed by atoms with van der Waals surface area (Å²) in [5, 5.41) is 13.5. The van der Waals surface area contributed by atoms with Crippen molar-refractivity contribution in [2.24, 2.45) is 11.3 Å². The number of rotatable bonds is 6. The summed E-state index contributed by atoms with van der Waals surface area (Å²) >= 11 is 1.72. The van der Waals surface area contributed by atoms with Crippen LogP contribution in [0.5, 0.6) is 0 Å². The van der Waals surface area contributed by atoms with Gasteiger partial charge in [0.15, 0.2) is 0 Å². The van der Waals surface area contributed by atoms with Gasteiger partial charge in [-0.2, -0.15) is 0 Å². The van der Waals surface area contributed by atoms with E-state index >= 15 is 0 Å². The van der Waals surface area contributed by atoms with Crippen LogP contribution in [0.2, 0.25) is 0 Å². The zero-order valence-corrected chi connectivity index (χ0v) is 14.6. The maximum Gasteiger partial charge on any atom is 0.252 e. The topological polar surface area (TPSA) is 58.6 Å². The van der Waals surface area contributed by atoms with Crippen LogP contribution < -0.4 is 5.32 Å². The van der Waals surface area contributed by atoms with Crippen LogP contribution in [0.25, 0.3) is 0 Å². The van der Waals surface area contributed by atoms with Crippen molar-refractivity contribution in [3.8, 4) is 0 Å². The minimum atomic E-state index is -0.000642. The van der Waals surface area contributed by atoms with Gasteiger partial charge in [-0.05, 0) is 36.2 Å². The van der Waals surface area contributed by atoms with Crippen molar-refractivity contribution in [2.45, 2.75) is 40.0 Å². The van der Waals surface area contributed by atoms with E-state index < -0.39 is 0 Å². The Hall–Kier alpha value is -0.910. The predicted octanol–water partition coefficient (Wildman–Crippen LogP) is 2.64. The highest BCUT2D eigenvalue weighted by Gasteiger charge is 2.31. The number of thiophene rings is 1. The molecule has 0 saturated heterocycles. The zero-order valence-electron chi connectivity index (χ0n) is 13.8. The molecule has 124 valence electrons. The monoisotopic (exact) mass is 325 g/mol. The van der Waals surface area contributed by atoms with E-state index in [1.807, 2.05) is 5.38 Å². The standard InChI is InChI=1S/C17H27NO3S/c1-17(2,3)12-4-5-13-14(11-22-15(13)10-12)16(20)18-6-8-21-9-7-19/h11-12,19H,4-10H2,1-3H3,(H,18,20). The Morgan fingerprint density at radius 3 is 2.91 bits per heavy atom. The number of fused-ring (bicyclic) bond motifs is 1. The first kappa shape index (κ1) is 17.4. The van der Waals surface area contributed by atoms with Crippen LogP contribution in [0.1, 0.15) is 48.0 Å². The summed E-state index contributed by atoms with van der Waals surface area (Å²) < 4.78 is 5.15. The highest BCUT2D eigenvalue weighted by molar-refractivity contribution is 7.10. The summed E-state index contributed by atoms with van der Waals surface area (Å²) in [6.45, 7) is 8.15. The fraction of sp³-hybridized carbons (Fsp3) is 0.706. The Kier molecular flexibility index (Phi) is 6.01. The predicted molar refractivity (Wildman–Crippen MR) is 89.5 cm³/mol. The Labute approximate surface area is 136 Å². The highest BCUT2D eigenvalue weighted by Crippen LogP contribution is 2.40. The molecular weight excluding hydrogens is 298 g/mol. The molecule has 1 aliphatic carbocycles.